The highest BCUT2D eigenvalue weighted by atomic mass is 16.6. The summed E-state index contributed by atoms with van der Waals surface area (Å²) in [7, 11) is 1.58. The number of carbonyl (C=O) groups excluding carboxylic acids is 3. The number of aromatic amines is 2. The second-order valence-electron chi connectivity index (χ2n) is 13.4. The standard InChI is InChI=1S/C36H44N6O6/c1-21-27(16-17-31(38-21)47-5)24-10-6-22(7-11-24)18-30(34(45)39-26-14-15-28-29(19-26)41-42-33(28)44)40-32(43)25-12-8-23(9-13-25)20-37-35(46)48-36(2,3)4/h6-7,10-11,14-17,19,23,25,30H,8-9,12-13,18,20H2,1-5H3,(H,37,46)(H,39,45)(H,40,43)(H2,41,42,44). The normalized spacial score (nSPS) is 16.9. The number of methoxy groups -OCH3 is 1. The summed E-state index contributed by atoms with van der Waals surface area (Å²) in [5.41, 5.74) is 3.91. The topological polar surface area (TPSA) is 167 Å². The van der Waals surface area contributed by atoms with Crippen LogP contribution in [0.2, 0.25) is 0 Å². The number of hydrogen-bond acceptors (Lipinski definition) is 7. The monoisotopic (exact) mass is 656 g/mol. The molecule has 1 aliphatic carbocycles. The summed E-state index contributed by atoms with van der Waals surface area (Å²) >= 11 is 0. The van der Waals surface area contributed by atoms with Crippen LogP contribution in [0.4, 0.5) is 10.5 Å². The first-order valence-electron chi connectivity index (χ1n) is 16.3. The number of nitrogens with one attached hydrogen (secondary N) is 5. The molecule has 2 aromatic heterocycles. The van der Waals surface area contributed by atoms with E-state index >= 15 is 0 Å². The van der Waals surface area contributed by atoms with Gasteiger partial charge in [-0.05, 0) is 94.7 Å². The molecule has 0 aliphatic heterocycles. The Kier molecular flexibility index (Phi) is 10.5. The highest BCUT2D eigenvalue weighted by molar-refractivity contribution is 5.99. The van der Waals surface area contributed by atoms with E-state index in [-0.39, 0.29) is 35.6 Å². The summed E-state index contributed by atoms with van der Waals surface area (Å²) in [5.74, 6) is 0.0157. The van der Waals surface area contributed by atoms with Crippen molar-refractivity contribution in [2.45, 2.75) is 71.4 Å². The minimum absolute atomic E-state index is 0.171. The van der Waals surface area contributed by atoms with Crippen LogP contribution >= 0.6 is 0 Å². The minimum atomic E-state index is -0.847. The fourth-order valence-corrected chi connectivity index (χ4v) is 6.03. The predicted octanol–water partition coefficient (Wildman–Crippen LogP) is 5.23. The van der Waals surface area contributed by atoms with Crippen molar-refractivity contribution in [3.8, 4) is 17.0 Å². The van der Waals surface area contributed by atoms with Gasteiger partial charge in [0.1, 0.15) is 11.6 Å². The van der Waals surface area contributed by atoms with E-state index in [1.165, 1.54) is 0 Å². The van der Waals surface area contributed by atoms with Crippen LogP contribution in [0.5, 0.6) is 5.88 Å². The van der Waals surface area contributed by atoms with Crippen LogP contribution in [0, 0.1) is 18.8 Å². The third-order valence-electron chi connectivity index (χ3n) is 8.60. The van der Waals surface area contributed by atoms with E-state index in [4.69, 9.17) is 9.47 Å². The SMILES string of the molecule is COc1ccc(-c2ccc(CC(NC(=O)C3CCC(CNC(=O)OC(C)(C)C)CC3)C(=O)Nc3ccc4c(=O)[nH][nH]c4c3)cc2)c(C)n1. The maximum atomic E-state index is 13.7. The molecule has 4 aromatic rings. The Bertz CT molecular complexity index is 1820. The van der Waals surface area contributed by atoms with E-state index in [1.807, 2.05) is 64.1 Å². The van der Waals surface area contributed by atoms with Crippen molar-refractivity contribution >= 4 is 34.5 Å². The first-order chi connectivity index (χ1) is 22.9. The van der Waals surface area contributed by atoms with Crippen molar-refractivity contribution in [1.29, 1.82) is 0 Å². The average molecular weight is 657 g/mol. The Morgan fingerprint density at radius 3 is 2.38 bits per heavy atom. The van der Waals surface area contributed by atoms with Gasteiger partial charge in [0, 0.05) is 41.9 Å². The van der Waals surface area contributed by atoms with Crippen molar-refractivity contribution in [2.24, 2.45) is 11.8 Å². The summed E-state index contributed by atoms with van der Waals surface area (Å²) in [6.07, 6.45) is 2.70. The number of rotatable bonds is 10. The smallest absolute Gasteiger partial charge is 0.407 e. The number of fused-ring (bicyclic) bond motifs is 1. The molecule has 1 fully saturated rings. The molecule has 0 saturated heterocycles. The second-order valence-corrected chi connectivity index (χ2v) is 13.4. The van der Waals surface area contributed by atoms with Crippen molar-refractivity contribution < 1.29 is 23.9 Å². The van der Waals surface area contributed by atoms with Gasteiger partial charge in [0.2, 0.25) is 17.7 Å². The van der Waals surface area contributed by atoms with E-state index < -0.39 is 17.7 Å². The Morgan fingerprint density at radius 2 is 1.71 bits per heavy atom. The largest absolute Gasteiger partial charge is 0.481 e. The molecule has 5 rings (SSSR count). The number of ether oxygens (including phenoxy) is 2. The third-order valence-corrected chi connectivity index (χ3v) is 8.60. The van der Waals surface area contributed by atoms with Gasteiger partial charge in [-0.1, -0.05) is 24.3 Å². The maximum Gasteiger partial charge on any atom is 0.407 e. The number of amides is 3. The second kappa shape index (κ2) is 14.7. The van der Waals surface area contributed by atoms with Crippen molar-refractivity contribution in [2.75, 3.05) is 19.0 Å². The van der Waals surface area contributed by atoms with Gasteiger partial charge < -0.3 is 25.4 Å². The van der Waals surface area contributed by atoms with Gasteiger partial charge in [0.15, 0.2) is 0 Å². The Balaban J connectivity index is 1.26. The van der Waals surface area contributed by atoms with Crippen LogP contribution in [-0.4, -0.2) is 58.4 Å². The van der Waals surface area contributed by atoms with Crippen molar-refractivity contribution in [3.63, 3.8) is 0 Å². The van der Waals surface area contributed by atoms with Gasteiger partial charge in [-0.2, -0.15) is 0 Å². The molecule has 3 amide bonds. The zero-order chi connectivity index (χ0) is 34.4. The molecule has 1 atom stereocenters. The van der Waals surface area contributed by atoms with Gasteiger partial charge in [-0.3, -0.25) is 24.6 Å². The molecule has 0 spiro atoms. The quantitative estimate of drug-likeness (QED) is 0.156. The maximum absolute atomic E-state index is 13.7. The number of pyridine rings is 1. The molecule has 12 heteroatoms. The van der Waals surface area contributed by atoms with Crippen LogP contribution in [0.1, 0.15) is 57.7 Å². The van der Waals surface area contributed by atoms with Gasteiger partial charge in [0.05, 0.1) is 18.0 Å². The predicted molar refractivity (Wildman–Crippen MR) is 184 cm³/mol. The first-order valence-corrected chi connectivity index (χ1v) is 16.3. The molecule has 2 aromatic carbocycles. The number of carbonyl (C=O) groups is 3. The van der Waals surface area contributed by atoms with Gasteiger partial charge in [0.25, 0.3) is 5.56 Å². The Labute approximate surface area is 279 Å². The summed E-state index contributed by atoms with van der Waals surface area (Å²) in [4.78, 5) is 55.7. The minimum Gasteiger partial charge on any atom is -0.481 e. The molecule has 0 radical (unpaired) electrons. The van der Waals surface area contributed by atoms with E-state index in [1.54, 1.807) is 25.3 Å². The van der Waals surface area contributed by atoms with Gasteiger partial charge >= 0.3 is 6.09 Å². The lowest BCUT2D eigenvalue weighted by Crippen LogP contribution is -2.48. The summed E-state index contributed by atoms with van der Waals surface area (Å²) in [6.45, 7) is 7.88. The fourth-order valence-electron chi connectivity index (χ4n) is 6.03. The molecular weight excluding hydrogens is 612 g/mol. The summed E-state index contributed by atoms with van der Waals surface area (Å²) in [5, 5.41) is 14.6. The molecule has 2 heterocycles. The molecule has 0 bridgehead atoms. The summed E-state index contributed by atoms with van der Waals surface area (Å²) in [6, 6.07) is 15.8. The lowest BCUT2D eigenvalue weighted by atomic mass is 9.81. The number of anilines is 1. The lowest BCUT2D eigenvalue weighted by Gasteiger charge is -2.29. The van der Waals surface area contributed by atoms with Crippen molar-refractivity contribution in [1.82, 2.24) is 25.8 Å². The average Bonchev–Trinajstić information content (AvgIpc) is 3.42. The van der Waals surface area contributed by atoms with Gasteiger partial charge in [-0.25, -0.2) is 9.78 Å². The molecule has 48 heavy (non-hydrogen) atoms. The molecule has 1 unspecified atom stereocenters. The molecule has 5 N–H and O–H groups in total. The molecule has 12 nitrogen and oxygen atoms in total. The number of nitrogens with zero attached hydrogens (tertiary/aromatic N) is 1. The first kappa shape index (κ1) is 34.2. The van der Waals surface area contributed by atoms with Crippen LogP contribution in [0.15, 0.2) is 59.4 Å². The van der Waals surface area contributed by atoms with Crippen LogP contribution in [0.3, 0.4) is 0 Å². The summed E-state index contributed by atoms with van der Waals surface area (Å²) < 4.78 is 10.6. The Morgan fingerprint density at radius 1 is 0.979 bits per heavy atom. The molecule has 254 valence electrons. The van der Waals surface area contributed by atoms with Gasteiger partial charge in [-0.15, -0.1) is 0 Å². The third kappa shape index (κ3) is 8.81. The number of H-pyrrole nitrogens is 2. The zero-order valence-electron chi connectivity index (χ0n) is 28.1. The van der Waals surface area contributed by atoms with E-state index in [9.17, 15) is 19.2 Å². The van der Waals surface area contributed by atoms with Crippen molar-refractivity contribution in [3.05, 3.63) is 76.2 Å². The molecule has 1 saturated carbocycles. The highest BCUT2D eigenvalue weighted by Gasteiger charge is 2.30. The Hall–Kier alpha value is -5.13. The van der Waals surface area contributed by atoms with Crippen LogP contribution < -0.4 is 26.2 Å². The molecule has 1 aliphatic rings. The number of aryl methyl sites for hydroxylation is 1. The molecular formula is C36H44N6O6. The van der Waals surface area contributed by atoms with Crippen LogP contribution in [0.25, 0.3) is 22.0 Å². The number of aromatic nitrogens is 3. The van der Waals surface area contributed by atoms with Crippen LogP contribution in [-0.2, 0) is 20.7 Å². The van der Waals surface area contributed by atoms with E-state index in [2.05, 4.69) is 31.1 Å². The zero-order valence-corrected chi connectivity index (χ0v) is 28.1. The van der Waals surface area contributed by atoms with E-state index in [0.717, 1.165) is 35.2 Å². The number of hydrogen-bond donors (Lipinski definition) is 5. The lowest BCUT2D eigenvalue weighted by molar-refractivity contribution is -0.130. The fraction of sp³-hybridized carbons (Fsp3) is 0.417. The highest BCUT2D eigenvalue weighted by Crippen LogP contribution is 2.29. The van der Waals surface area contributed by atoms with E-state index in [0.29, 0.717) is 41.9 Å². The number of alkyl carbamates (subject to hydrolysis) is 1. The number of benzene rings is 2.